The van der Waals surface area contributed by atoms with E-state index >= 15 is 0 Å². The Bertz CT molecular complexity index is 542. The fourth-order valence-corrected chi connectivity index (χ4v) is 1.42. The lowest BCUT2D eigenvalue weighted by Gasteiger charge is -2.04. The lowest BCUT2D eigenvalue weighted by atomic mass is 10.1. The van der Waals surface area contributed by atoms with Crippen LogP contribution in [0.3, 0.4) is 0 Å². The van der Waals surface area contributed by atoms with E-state index in [1.165, 1.54) is 12.3 Å². The van der Waals surface area contributed by atoms with E-state index in [9.17, 15) is 9.59 Å². The number of hydrogen-bond donors (Lipinski definition) is 0. The van der Waals surface area contributed by atoms with Gasteiger partial charge in [0.05, 0.1) is 6.26 Å². The molecule has 0 fully saturated rings. The molecule has 0 aliphatic carbocycles. The van der Waals surface area contributed by atoms with Crippen LogP contribution in [-0.2, 0) is 4.79 Å². The molecule has 4 heteroatoms. The largest absolute Gasteiger partial charge is 0.431 e. The van der Waals surface area contributed by atoms with Gasteiger partial charge in [0.1, 0.15) is 11.3 Å². The molecule has 0 aliphatic rings. The standard InChI is InChI=1S/C12H8O4/c13-8-16-10-6-7-15-12(14)11(10)9-4-2-1-3-5-9/h1-8H. The zero-order chi connectivity index (χ0) is 11.4. The van der Waals surface area contributed by atoms with E-state index in [0.717, 1.165) is 0 Å². The molecule has 80 valence electrons. The van der Waals surface area contributed by atoms with Gasteiger partial charge in [0.25, 0.3) is 6.47 Å². The van der Waals surface area contributed by atoms with Crippen LogP contribution in [0.4, 0.5) is 0 Å². The normalized spacial score (nSPS) is 9.75. The quantitative estimate of drug-likeness (QED) is 0.734. The molecule has 0 amide bonds. The second kappa shape index (κ2) is 4.44. The summed E-state index contributed by atoms with van der Waals surface area (Å²) in [4.78, 5) is 21.9. The molecule has 0 N–H and O–H groups in total. The monoisotopic (exact) mass is 216 g/mol. The average molecular weight is 216 g/mol. The van der Waals surface area contributed by atoms with Crippen LogP contribution in [-0.4, -0.2) is 6.47 Å². The van der Waals surface area contributed by atoms with Crippen molar-refractivity contribution in [2.24, 2.45) is 0 Å². The van der Waals surface area contributed by atoms with Crippen molar-refractivity contribution < 1.29 is 13.9 Å². The van der Waals surface area contributed by atoms with E-state index in [2.05, 4.69) is 0 Å². The van der Waals surface area contributed by atoms with Crippen molar-refractivity contribution in [3.63, 3.8) is 0 Å². The fraction of sp³-hybridized carbons (Fsp3) is 0. The fourth-order valence-electron chi connectivity index (χ4n) is 1.42. The van der Waals surface area contributed by atoms with Crippen molar-refractivity contribution >= 4 is 6.47 Å². The highest BCUT2D eigenvalue weighted by atomic mass is 16.5. The summed E-state index contributed by atoms with van der Waals surface area (Å²) in [7, 11) is 0. The number of hydrogen-bond acceptors (Lipinski definition) is 4. The van der Waals surface area contributed by atoms with Crippen LogP contribution >= 0.6 is 0 Å². The predicted octanol–water partition coefficient (Wildman–Crippen LogP) is 1.84. The van der Waals surface area contributed by atoms with Crippen molar-refractivity contribution in [3.05, 3.63) is 53.1 Å². The van der Waals surface area contributed by atoms with E-state index in [0.29, 0.717) is 5.56 Å². The second-order valence-electron chi connectivity index (χ2n) is 3.03. The van der Waals surface area contributed by atoms with Gasteiger partial charge in [-0.15, -0.1) is 0 Å². The Morgan fingerprint density at radius 2 is 1.88 bits per heavy atom. The Balaban J connectivity index is 2.63. The molecular weight excluding hydrogens is 208 g/mol. The van der Waals surface area contributed by atoms with Gasteiger partial charge in [-0.05, 0) is 5.56 Å². The molecule has 0 unspecified atom stereocenters. The molecular formula is C12H8O4. The summed E-state index contributed by atoms with van der Waals surface area (Å²) in [6.07, 6.45) is 1.19. The molecule has 0 atom stereocenters. The Morgan fingerprint density at radius 3 is 2.56 bits per heavy atom. The van der Waals surface area contributed by atoms with Crippen LogP contribution in [0.5, 0.6) is 5.75 Å². The summed E-state index contributed by atoms with van der Waals surface area (Å²) >= 11 is 0. The summed E-state index contributed by atoms with van der Waals surface area (Å²) in [6.45, 7) is 0.279. The summed E-state index contributed by atoms with van der Waals surface area (Å²) in [5.74, 6) is 0.192. The van der Waals surface area contributed by atoms with Gasteiger partial charge >= 0.3 is 5.63 Å². The first kappa shape index (κ1) is 10.2. The highest BCUT2D eigenvalue weighted by molar-refractivity contribution is 5.70. The molecule has 0 saturated heterocycles. The van der Waals surface area contributed by atoms with E-state index < -0.39 is 5.63 Å². The molecule has 0 spiro atoms. The maximum Gasteiger partial charge on any atom is 0.347 e. The zero-order valence-corrected chi connectivity index (χ0v) is 8.25. The van der Waals surface area contributed by atoms with Gasteiger partial charge in [-0.2, -0.15) is 0 Å². The minimum absolute atomic E-state index is 0.192. The SMILES string of the molecule is O=COc1ccoc(=O)c1-c1ccccc1. The molecule has 16 heavy (non-hydrogen) atoms. The number of rotatable bonds is 3. The predicted molar refractivity (Wildman–Crippen MR) is 57.1 cm³/mol. The highest BCUT2D eigenvalue weighted by Crippen LogP contribution is 2.25. The molecule has 0 radical (unpaired) electrons. The lowest BCUT2D eigenvalue weighted by Crippen LogP contribution is -2.05. The van der Waals surface area contributed by atoms with Gasteiger partial charge in [-0.3, -0.25) is 4.79 Å². The van der Waals surface area contributed by atoms with Crippen molar-refractivity contribution in [1.29, 1.82) is 0 Å². The summed E-state index contributed by atoms with van der Waals surface area (Å²) in [5.41, 5.74) is 0.356. The van der Waals surface area contributed by atoms with Crippen LogP contribution in [0.1, 0.15) is 0 Å². The van der Waals surface area contributed by atoms with Crippen molar-refractivity contribution in [2.75, 3.05) is 0 Å². The minimum Gasteiger partial charge on any atom is -0.431 e. The second-order valence-corrected chi connectivity index (χ2v) is 3.03. The van der Waals surface area contributed by atoms with Gasteiger partial charge in [-0.1, -0.05) is 30.3 Å². The first-order valence-corrected chi connectivity index (χ1v) is 4.60. The highest BCUT2D eigenvalue weighted by Gasteiger charge is 2.11. The van der Waals surface area contributed by atoms with Crippen molar-refractivity contribution in [2.45, 2.75) is 0 Å². The third kappa shape index (κ3) is 1.86. The van der Waals surface area contributed by atoms with E-state index in [4.69, 9.17) is 9.15 Å². The summed E-state index contributed by atoms with van der Waals surface area (Å²) < 4.78 is 9.48. The maximum atomic E-state index is 11.6. The van der Waals surface area contributed by atoms with Crippen LogP contribution in [0.15, 0.2) is 51.9 Å². The Hall–Kier alpha value is -2.36. The molecule has 4 nitrogen and oxygen atoms in total. The number of ether oxygens (including phenoxy) is 1. The van der Waals surface area contributed by atoms with Gasteiger partial charge < -0.3 is 9.15 Å². The van der Waals surface area contributed by atoms with Crippen LogP contribution in [0, 0.1) is 0 Å². The summed E-state index contributed by atoms with van der Waals surface area (Å²) in [5, 5.41) is 0. The summed E-state index contributed by atoms with van der Waals surface area (Å²) in [6, 6.07) is 10.3. The zero-order valence-electron chi connectivity index (χ0n) is 8.25. The van der Waals surface area contributed by atoms with Crippen LogP contribution in [0.2, 0.25) is 0 Å². The smallest absolute Gasteiger partial charge is 0.347 e. The Labute approximate surface area is 91.1 Å². The molecule has 2 rings (SSSR count). The third-order valence-corrected chi connectivity index (χ3v) is 2.08. The molecule has 0 bridgehead atoms. The van der Waals surface area contributed by atoms with Crippen molar-refractivity contribution in [3.8, 4) is 16.9 Å². The van der Waals surface area contributed by atoms with Gasteiger partial charge in [0, 0.05) is 6.07 Å². The molecule has 1 aromatic carbocycles. The number of carbonyl (C=O) groups is 1. The Morgan fingerprint density at radius 1 is 1.12 bits per heavy atom. The van der Waals surface area contributed by atoms with Gasteiger partial charge in [-0.25, -0.2) is 4.79 Å². The maximum absolute atomic E-state index is 11.6. The van der Waals surface area contributed by atoms with Crippen LogP contribution < -0.4 is 10.4 Å². The van der Waals surface area contributed by atoms with Crippen molar-refractivity contribution in [1.82, 2.24) is 0 Å². The van der Waals surface area contributed by atoms with Gasteiger partial charge in [0.15, 0.2) is 0 Å². The lowest BCUT2D eigenvalue weighted by molar-refractivity contribution is -0.120. The first-order chi connectivity index (χ1) is 7.83. The molecule has 0 saturated carbocycles. The van der Waals surface area contributed by atoms with Crippen LogP contribution in [0.25, 0.3) is 11.1 Å². The molecule has 2 aromatic rings. The topological polar surface area (TPSA) is 56.5 Å². The molecule has 1 heterocycles. The first-order valence-electron chi connectivity index (χ1n) is 4.60. The van der Waals surface area contributed by atoms with E-state index in [1.54, 1.807) is 24.3 Å². The minimum atomic E-state index is -0.537. The average Bonchev–Trinajstić information content (AvgIpc) is 2.31. The number of benzene rings is 1. The van der Waals surface area contributed by atoms with Gasteiger partial charge in [0.2, 0.25) is 0 Å². The molecule has 1 aromatic heterocycles. The van der Waals surface area contributed by atoms with E-state index in [1.807, 2.05) is 6.07 Å². The molecule has 0 aliphatic heterocycles. The number of carbonyl (C=O) groups excluding carboxylic acids is 1. The third-order valence-electron chi connectivity index (χ3n) is 2.08. The van der Waals surface area contributed by atoms with E-state index in [-0.39, 0.29) is 17.8 Å². The Kier molecular flexibility index (Phi) is 2.82.